The molecule has 3 N–H and O–H groups in total. The molecule has 5 heteroatoms. The third-order valence-corrected chi connectivity index (χ3v) is 4.82. The quantitative estimate of drug-likeness (QED) is 0.576. The predicted octanol–water partition coefficient (Wildman–Crippen LogP) is 2.43. The lowest BCUT2D eigenvalue weighted by molar-refractivity contribution is -0.910. The average Bonchev–Trinajstić information content (AvgIpc) is 3.22. The first-order valence-corrected chi connectivity index (χ1v) is 9.50. The van der Waals surface area contributed by atoms with Gasteiger partial charge in [0.2, 0.25) is 0 Å². The average molecular weight is 363 g/mol. The minimum Gasteiger partial charge on any atom is -0.347 e. The lowest BCUT2D eigenvalue weighted by Crippen LogP contribution is -3.10. The third-order valence-electron chi connectivity index (χ3n) is 4.82. The van der Waals surface area contributed by atoms with Crippen LogP contribution in [-0.4, -0.2) is 29.2 Å². The number of nitrogens with one attached hydrogen (secondary N) is 3. The van der Waals surface area contributed by atoms with E-state index in [1.54, 1.807) is 11.0 Å². The molecule has 3 rings (SSSR count). The molecule has 3 aromatic rings. The summed E-state index contributed by atoms with van der Waals surface area (Å²) >= 11 is 0. The van der Waals surface area contributed by atoms with E-state index in [-0.39, 0.29) is 5.91 Å². The molecule has 0 saturated carbocycles. The van der Waals surface area contributed by atoms with Gasteiger partial charge in [0.25, 0.3) is 5.91 Å². The highest BCUT2D eigenvalue weighted by atomic mass is 16.1. The Labute approximate surface area is 160 Å². The van der Waals surface area contributed by atoms with Gasteiger partial charge in [-0.15, -0.1) is 0 Å². The van der Waals surface area contributed by atoms with Crippen LogP contribution in [0, 0.1) is 0 Å². The maximum absolute atomic E-state index is 12.4. The zero-order valence-electron chi connectivity index (χ0n) is 16.0. The van der Waals surface area contributed by atoms with E-state index in [9.17, 15) is 4.79 Å². The van der Waals surface area contributed by atoms with Crippen LogP contribution in [0.3, 0.4) is 0 Å². The fourth-order valence-corrected chi connectivity index (χ4v) is 3.04. The van der Waals surface area contributed by atoms with E-state index >= 15 is 0 Å². The highest BCUT2D eigenvalue weighted by Crippen LogP contribution is 2.16. The normalized spacial score (nSPS) is 10.9. The number of nitrogens with zero attached hydrogens (tertiary/aromatic N) is 1. The summed E-state index contributed by atoms with van der Waals surface area (Å²) in [7, 11) is 0. The Morgan fingerprint density at radius 1 is 1.00 bits per heavy atom. The van der Waals surface area contributed by atoms with Crippen molar-refractivity contribution in [3.63, 3.8) is 0 Å². The van der Waals surface area contributed by atoms with Crippen molar-refractivity contribution in [3.8, 4) is 11.3 Å². The van der Waals surface area contributed by atoms with Crippen LogP contribution in [0.1, 0.15) is 35.5 Å². The Bertz CT molecular complexity index is 852. The number of carbonyl (C=O) groups is 1. The van der Waals surface area contributed by atoms with Gasteiger partial charge in [0.15, 0.2) is 0 Å². The van der Waals surface area contributed by atoms with E-state index in [0.29, 0.717) is 12.2 Å². The number of quaternary nitrogens is 1. The van der Waals surface area contributed by atoms with Crippen LogP contribution in [0.2, 0.25) is 0 Å². The molecule has 0 unspecified atom stereocenters. The van der Waals surface area contributed by atoms with E-state index < -0.39 is 0 Å². The van der Waals surface area contributed by atoms with Crippen molar-refractivity contribution in [3.05, 3.63) is 77.5 Å². The molecule has 0 bridgehead atoms. The number of amides is 1. The maximum atomic E-state index is 12.4. The second kappa shape index (κ2) is 9.14. The topological polar surface area (TPSA) is 62.2 Å². The molecule has 1 amide bonds. The van der Waals surface area contributed by atoms with Crippen LogP contribution >= 0.6 is 0 Å². The van der Waals surface area contributed by atoms with Gasteiger partial charge in [-0.05, 0) is 25.5 Å². The van der Waals surface area contributed by atoms with Crippen molar-refractivity contribution in [2.75, 3.05) is 13.1 Å². The molecule has 0 aliphatic heterocycles. The van der Waals surface area contributed by atoms with Gasteiger partial charge in [-0.3, -0.25) is 9.89 Å². The molecule has 0 saturated heterocycles. The third kappa shape index (κ3) is 5.05. The monoisotopic (exact) mass is 363 g/mol. The number of aromatic amines is 1. The van der Waals surface area contributed by atoms with Gasteiger partial charge in [0.05, 0.1) is 18.8 Å². The summed E-state index contributed by atoms with van der Waals surface area (Å²) in [6.45, 7) is 8.21. The van der Waals surface area contributed by atoms with E-state index in [0.717, 1.165) is 36.5 Å². The van der Waals surface area contributed by atoms with Gasteiger partial charge in [0, 0.05) is 17.7 Å². The van der Waals surface area contributed by atoms with Crippen LogP contribution in [0.4, 0.5) is 0 Å². The van der Waals surface area contributed by atoms with Gasteiger partial charge in [-0.2, -0.15) is 5.10 Å². The van der Waals surface area contributed by atoms with Crippen molar-refractivity contribution in [2.45, 2.75) is 26.9 Å². The van der Waals surface area contributed by atoms with Crippen molar-refractivity contribution < 1.29 is 9.69 Å². The fourth-order valence-electron chi connectivity index (χ4n) is 3.04. The molecule has 140 valence electrons. The molecule has 0 atom stereocenters. The number of H-pyrrole nitrogens is 1. The zero-order chi connectivity index (χ0) is 19.1. The summed E-state index contributed by atoms with van der Waals surface area (Å²) in [6.07, 6.45) is 0. The Balaban J connectivity index is 1.55. The highest BCUT2D eigenvalue weighted by molar-refractivity contribution is 5.93. The predicted molar refractivity (Wildman–Crippen MR) is 107 cm³/mol. The van der Waals surface area contributed by atoms with Crippen LogP contribution in [0.5, 0.6) is 0 Å². The standard InChI is InChI=1S/C22H26N4O/c1-3-26(4-2)16-18-12-10-17(11-13-18)15-23-22(27)21-14-20(24-25-21)19-8-6-5-7-9-19/h5-14H,3-4,15-16H2,1-2H3,(H,23,27)(H,24,25)/p+1. The fraction of sp³-hybridized carbons (Fsp3) is 0.273. The molecule has 27 heavy (non-hydrogen) atoms. The van der Waals surface area contributed by atoms with Crippen molar-refractivity contribution in [2.24, 2.45) is 0 Å². The summed E-state index contributed by atoms with van der Waals surface area (Å²) in [5.74, 6) is -0.152. The van der Waals surface area contributed by atoms with E-state index in [2.05, 4.69) is 53.6 Å². The molecule has 0 aliphatic carbocycles. The second-order valence-electron chi connectivity index (χ2n) is 6.67. The zero-order valence-corrected chi connectivity index (χ0v) is 16.0. The summed E-state index contributed by atoms with van der Waals surface area (Å²) in [5, 5.41) is 10.00. The summed E-state index contributed by atoms with van der Waals surface area (Å²) in [5.41, 5.74) is 4.63. The first kappa shape index (κ1) is 18.9. The number of benzene rings is 2. The van der Waals surface area contributed by atoms with Crippen molar-refractivity contribution >= 4 is 5.91 Å². The smallest absolute Gasteiger partial charge is 0.269 e. The summed E-state index contributed by atoms with van der Waals surface area (Å²) in [4.78, 5) is 13.9. The van der Waals surface area contributed by atoms with Gasteiger partial charge in [-0.25, -0.2) is 0 Å². The van der Waals surface area contributed by atoms with Crippen molar-refractivity contribution in [1.82, 2.24) is 15.5 Å². The summed E-state index contributed by atoms with van der Waals surface area (Å²) < 4.78 is 0. The second-order valence-corrected chi connectivity index (χ2v) is 6.67. The van der Waals surface area contributed by atoms with Crippen LogP contribution in [0.25, 0.3) is 11.3 Å². The van der Waals surface area contributed by atoms with Gasteiger partial charge < -0.3 is 10.2 Å². The Hall–Kier alpha value is -2.92. The number of aromatic nitrogens is 2. The minimum absolute atomic E-state index is 0.152. The largest absolute Gasteiger partial charge is 0.347 e. The molecular weight excluding hydrogens is 336 g/mol. The molecule has 0 aliphatic rings. The number of carbonyl (C=O) groups excluding carboxylic acids is 1. The van der Waals surface area contributed by atoms with Crippen LogP contribution < -0.4 is 10.2 Å². The Kier molecular flexibility index (Phi) is 6.39. The Morgan fingerprint density at radius 2 is 1.67 bits per heavy atom. The van der Waals surface area contributed by atoms with Gasteiger partial charge in [0.1, 0.15) is 12.2 Å². The first-order valence-electron chi connectivity index (χ1n) is 9.50. The molecule has 1 heterocycles. The minimum atomic E-state index is -0.152. The number of rotatable bonds is 8. The molecular formula is C22H27N4O+. The van der Waals surface area contributed by atoms with Crippen LogP contribution in [-0.2, 0) is 13.1 Å². The lowest BCUT2D eigenvalue weighted by Gasteiger charge is -2.15. The number of hydrogen-bond acceptors (Lipinski definition) is 2. The first-order chi connectivity index (χ1) is 13.2. The molecule has 5 nitrogen and oxygen atoms in total. The van der Waals surface area contributed by atoms with E-state index in [1.165, 1.54) is 5.56 Å². The maximum Gasteiger partial charge on any atom is 0.269 e. The summed E-state index contributed by atoms with van der Waals surface area (Å²) in [6, 6.07) is 20.1. The Morgan fingerprint density at radius 3 is 2.33 bits per heavy atom. The van der Waals surface area contributed by atoms with Crippen molar-refractivity contribution in [1.29, 1.82) is 0 Å². The van der Waals surface area contributed by atoms with E-state index in [1.807, 2.05) is 30.3 Å². The highest BCUT2D eigenvalue weighted by Gasteiger charge is 2.11. The lowest BCUT2D eigenvalue weighted by atomic mass is 10.1. The molecule has 0 fully saturated rings. The molecule has 2 aromatic carbocycles. The molecule has 0 spiro atoms. The van der Waals surface area contributed by atoms with Crippen LogP contribution in [0.15, 0.2) is 60.7 Å². The van der Waals surface area contributed by atoms with Gasteiger partial charge in [-0.1, -0.05) is 54.6 Å². The molecule has 1 aromatic heterocycles. The SMILES string of the molecule is CC[NH+](CC)Cc1ccc(CNC(=O)c2cc(-c3ccccc3)n[nH]2)cc1. The number of hydrogen-bond donors (Lipinski definition) is 3. The van der Waals surface area contributed by atoms with Gasteiger partial charge >= 0.3 is 0 Å². The molecule has 0 radical (unpaired) electrons. The van der Waals surface area contributed by atoms with E-state index in [4.69, 9.17) is 0 Å².